The van der Waals surface area contributed by atoms with E-state index in [1.165, 1.54) is 0 Å². The zero-order chi connectivity index (χ0) is 15.7. The van der Waals surface area contributed by atoms with E-state index >= 15 is 0 Å². The van der Waals surface area contributed by atoms with Gasteiger partial charge in [-0.2, -0.15) is 5.10 Å². The van der Waals surface area contributed by atoms with Gasteiger partial charge in [0.15, 0.2) is 11.6 Å². The normalized spacial score (nSPS) is 21.0. The average molecular weight is 304 g/mol. The van der Waals surface area contributed by atoms with E-state index in [9.17, 15) is 4.79 Å². The maximum absolute atomic E-state index is 12.3. The van der Waals surface area contributed by atoms with Gasteiger partial charge in [-0.1, -0.05) is 0 Å². The van der Waals surface area contributed by atoms with Crippen LogP contribution >= 0.6 is 0 Å². The zero-order valence-electron chi connectivity index (χ0n) is 13.0. The Labute approximate surface area is 128 Å². The largest absolute Gasteiger partial charge is 0.485 e. The van der Waals surface area contributed by atoms with Crippen molar-refractivity contribution in [2.75, 3.05) is 0 Å². The second kappa shape index (κ2) is 5.82. The topological polar surface area (TPSA) is 82.2 Å². The van der Waals surface area contributed by atoms with Crippen molar-refractivity contribution in [1.29, 1.82) is 0 Å². The maximum atomic E-state index is 12.3. The highest BCUT2D eigenvalue weighted by Gasteiger charge is 2.32. The van der Waals surface area contributed by atoms with E-state index in [1.807, 2.05) is 13.2 Å². The molecular weight excluding hydrogens is 284 g/mol. The number of aryl methyl sites for hydroxylation is 3. The second-order valence-electron chi connectivity index (χ2n) is 5.66. The monoisotopic (exact) mass is 304 g/mol. The molecule has 22 heavy (non-hydrogen) atoms. The highest BCUT2D eigenvalue weighted by molar-refractivity contribution is 5.92. The number of carbonyl (C=O) groups is 1. The molecular formula is C15H20N4O3. The van der Waals surface area contributed by atoms with Gasteiger partial charge in [-0.05, 0) is 26.2 Å². The molecule has 1 fully saturated rings. The highest BCUT2D eigenvalue weighted by atomic mass is 16.5. The first kappa shape index (κ1) is 14.6. The Kier molecular flexibility index (Phi) is 3.87. The minimum absolute atomic E-state index is 0.0301. The Morgan fingerprint density at radius 2 is 2.27 bits per heavy atom. The molecule has 2 aromatic heterocycles. The molecule has 7 nitrogen and oxygen atoms in total. The zero-order valence-corrected chi connectivity index (χ0v) is 13.0. The fourth-order valence-corrected chi connectivity index (χ4v) is 2.84. The minimum atomic E-state index is -0.232. The summed E-state index contributed by atoms with van der Waals surface area (Å²) in [6, 6.07) is -0.0301. The molecule has 3 rings (SSSR count). The molecule has 2 aromatic rings. The van der Waals surface area contributed by atoms with E-state index < -0.39 is 0 Å². The number of oxazole rings is 1. The molecule has 118 valence electrons. The van der Waals surface area contributed by atoms with E-state index in [2.05, 4.69) is 15.4 Å². The summed E-state index contributed by atoms with van der Waals surface area (Å²) in [7, 11) is 1.84. The van der Waals surface area contributed by atoms with E-state index in [0.717, 1.165) is 25.0 Å². The summed E-state index contributed by atoms with van der Waals surface area (Å²) in [5.41, 5.74) is 0.609. The first-order valence-electron chi connectivity index (χ1n) is 7.43. The molecule has 2 heterocycles. The third-order valence-electron chi connectivity index (χ3n) is 3.85. The lowest BCUT2D eigenvalue weighted by atomic mass is 10.2. The van der Waals surface area contributed by atoms with Crippen molar-refractivity contribution in [2.24, 2.45) is 7.05 Å². The predicted molar refractivity (Wildman–Crippen MR) is 78.7 cm³/mol. The maximum Gasteiger partial charge on any atom is 0.289 e. The molecule has 1 amide bonds. The number of aromatic nitrogens is 3. The van der Waals surface area contributed by atoms with Crippen molar-refractivity contribution >= 4 is 5.91 Å². The quantitative estimate of drug-likeness (QED) is 0.930. The molecule has 0 radical (unpaired) electrons. The minimum Gasteiger partial charge on any atom is -0.485 e. The third-order valence-corrected chi connectivity index (χ3v) is 3.85. The number of amides is 1. The average Bonchev–Trinajstić information content (AvgIpc) is 3.13. The van der Waals surface area contributed by atoms with Gasteiger partial charge in [-0.15, -0.1) is 0 Å². The molecule has 2 atom stereocenters. The first-order chi connectivity index (χ1) is 10.5. The van der Waals surface area contributed by atoms with Gasteiger partial charge in [-0.3, -0.25) is 9.48 Å². The lowest BCUT2D eigenvalue weighted by molar-refractivity contribution is 0.0864. The Hall–Kier alpha value is -2.31. The van der Waals surface area contributed by atoms with Crippen LogP contribution in [0, 0.1) is 13.8 Å². The molecule has 1 saturated carbocycles. The number of carbonyl (C=O) groups excluding carboxylic acids is 1. The van der Waals surface area contributed by atoms with Crippen LogP contribution in [0.25, 0.3) is 0 Å². The number of rotatable bonds is 4. The van der Waals surface area contributed by atoms with Gasteiger partial charge in [0.2, 0.25) is 5.76 Å². The van der Waals surface area contributed by atoms with Crippen LogP contribution in [0.15, 0.2) is 16.8 Å². The lowest BCUT2D eigenvalue weighted by Crippen LogP contribution is -2.42. The summed E-state index contributed by atoms with van der Waals surface area (Å²) in [6.07, 6.45) is 6.28. The van der Waals surface area contributed by atoms with Crippen molar-refractivity contribution < 1.29 is 13.9 Å². The van der Waals surface area contributed by atoms with Crippen LogP contribution in [0.1, 0.15) is 41.4 Å². The van der Waals surface area contributed by atoms with Gasteiger partial charge in [-0.25, -0.2) is 4.98 Å². The summed E-state index contributed by atoms with van der Waals surface area (Å²) in [4.78, 5) is 16.4. The molecule has 7 heteroatoms. The summed E-state index contributed by atoms with van der Waals surface area (Å²) in [6.45, 7) is 3.50. The lowest BCUT2D eigenvalue weighted by Gasteiger charge is -2.21. The predicted octanol–water partition coefficient (Wildman–Crippen LogP) is 1.75. The summed E-state index contributed by atoms with van der Waals surface area (Å²) < 4.78 is 13.0. The van der Waals surface area contributed by atoms with Gasteiger partial charge in [0.05, 0.1) is 24.1 Å². The van der Waals surface area contributed by atoms with Gasteiger partial charge in [0, 0.05) is 14.0 Å². The van der Waals surface area contributed by atoms with Crippen LogP contribution in [-0.2, 0) is 7.05 Å². The Bertz CT molecular complexity index is 676. The number of ether oxygens (including phenoxy) is 1. The SMILES string of the molecule is Cc1nc(C)c(C(=O)N[C@H]2CCC[C@H]2Oc2cnn(C)c2)o1. The molecule has 0 spiro atoms. The molecule has 1 aliphatic rings. The van der Waals surface area contributed by atoms with Crippen LogP contribution in [0.2, 0.25) is 0 Å². The summed E-state index contributed by atoms with van der Waals surface area (Å²) in [5.74, 6) is 1.27. The summed E-state index contributed by atoms with van der Waals surface area (Å²) in [5, 5.41) is 7.09. The molecule has 1 aliphatic carbocycles. The Morgan fingerprint density at radius 3 is 2.91 bits per heavy atom. The third kappa shape index (κ3) is 2.98. The van der Waals surface area contributed by atoms with Crippen LogP contribution in [-0.4, -0.2) is 32.8 Å². The smallest absolute Gasteiger partial charge is 0.289 e. The van der Waals surface area contributed by atoms with E-state index in [-0.39, 0.29) is 23.8 Å². The number of nitrogens with one attached hydrogen (secondary N) is 1. The van der Waals surface area contributed by atoms with Crippen molar-refractivity contribution in [3.05, 3.63) is 29.7 Å². The Morgan fingerprint density at radius 1 is 1.45 bits per heavy atom. The first-order valence-corrected chi connectivity index (χ1v) is 7.43. The van der Waals surface area contributed by atoms with Crippen LogP contribution in [0.5, 0.6) is 5.75 Å². The molecule has 1 N–H and O–H groups in total. The molecule has 0 bridgehead atoms. The fraction of sp³-hybridized carbons (Fsp3) is 0.533. The van der Waals surface area contributed by atoms with Crippen LogP contribution < -0.4 is 10.1 Å². The van der Waals surface area contributed by atoms with Crippen molar-refractivity contribution in [1.82, 2.24) is 20.1 Å². The van der Waals surface area contributed by atoms with E-state index in [1.54, 1.807) is 24.7 Å². The summed E-state index contributed by atoms with van der Waals surface area (Å²) >= 11 is 0. The fourth-order valence-electron chi connectivity index (χ4n) is 2.84. The van der Waals surface area contributed by atoms with Gasteiger partial charge in [0.25, 0.3) is 5.91 Å². The van der Waals surface area contributed by atoms with Crippen LogP contribution in [0.3, 0.4) is 0 Å². The molecule has 0 saturated heterocycles. The van der Waals surface area contributed by atoms with Crippen LogP contribution in [0.4, 0.5) is 0 Å². The van der Waals surface area contributed by atoms with Gasteiger partial charge >= 0.3 is 0 Å². The molecule has 0 aromatic carbocycles. The number of hydrogen-bond donors (Lipinski definition) is 1. The standard InChI is InChI=1S/C15H20N4O3/c1-9-14(21-10(2)17-9)15(20)18-12-5-4-6-13(12)22-11-7-16-19(3)8-11/h7-8,12-13H,4-6H2,1-3H3,(H,18,20)/t12-,13+/m0/s1. The van der Waals surface area contributed by atoms with E-state index in [0.29, 0.717) is 11.6 Å². The van der Waals surface area contributed by atoms with Gasteiger partial charge < -0.3 is 14.5 Å². The van der Waals surface area contributed by atoms with Crippen molar-refractivity contribution in [3.8, 4) is 5.75 Å². The Balaban J connectivity index is 1.66. The second-order valence-corrected chi connectivity index (χ2v) is 5.66. The van der Waals surface area contributed by atoms with Crippen molar-refractivity contribution in [3.63, 3.8) is 0 Å². The molecule has 0 aliphatic heterocycles. The van der Waals surface area contributed by atoms with Crippen molar-refractivity contribution in [2.45, 2.75) is 45.3 Å². The van der Waals surface area contributed by atoms with E-state index in [4.69, 9.17) is 9.15 Å². The van der Waals surface area contributed by atoms with Gasteiger partial charge in [0.1, 0.15) is 6.10 Å². The number of nitrogens with zero attached hydrogens (tertiary/aromatic N) is 3. The number of hydrogen-bond acceptors (Lipinski definition) is 5. The highest BCUT2D eigenvalue weighted by Crippen LogP contribution is 2.25. The molecule has 0 unspecified atom stereocenters.